The minimum Gasteiger partial charge on any atom is -0.415 e. The normalized spacial score (nSPS) is 14.5. The van der Waals surface area contributed by atoms with Crippen molar-refractivity contribution in [3.63, 3.8) is 0 Å². The first-order chi connectivity index (χ1) is 15.6. The van der Waals surface area contributed by atoms with Crippen LogP contribution in [-0.2, 0) is 11.3 Å². The monoisotopic (exact) mass is 435 g/mol. The highest BCUT2D eigenvalue weighted by Gasteiger charge is 2.23. The fourth-order valence-corrected chi connectivity index (χ4v) is 3.78. The first-order valence-corrected chi connectivity index (χ1v) is 11.0. The fraction of sp³-hybridized carbons (Fsp3) is 0.435. The zero-order chi connectivity index (χ0) is 22.5. The van der Waals surface area contributed by atoms with Crippen molar-refractivity contribution in [3.05, 3.63) is 41.7 Å². The van der Waals surface area contributed by atoms with E-state index < -0.39 is 0 Å². The largest absolute Gasteiger partial charge is 0.415 e. The molecule has 1 aromatic carbocycles. The Morgan fingerprint density at radius 2 is 1.88 bits per heavy atom. The molecule has 2 aromatic heterocycles. The van der Waals surface area contributed by atoms with Gasteiger partial charge in [0.1, 0.15) is 5.82 Å². The smallest absolute Gasteiger partial charge is 0.268 e. The number of nitrogens with zero attached hydrogens (tertiary/aromatic N) is 5. The molecule has 1 amide bonds. The first kappa shape index (κ1) is 21.9. The van der Waals surface area contributed by atoms with E-state index in [0.717, 1.165) is 49.6 Å². The van der Waals surface area contributed by atoms with Crippen LogP contribution in [-0.4, -0.2) is 52.3 Å². The summed E-state index contributed by atoms with van der Waals surface area (Å²) < 4.78 is 5.95. The predicted octanol–water partition coefficient (Wildman–Crippen LogP) is 2.72. The molecule has 4 rings (SSSR count). The highest BCUT2D eigenvalue weighted by Crippen LogP contribution is 2.27. The molecule has 2 N–H and O–H groups in total. The molecule has 9 nitrogen and oxygen atoms in total. The summed E-state index contributed by atoms with van der Waals surface area (Å²) in [5.74, 6) is 1.69. The van der Waals surface area contributed by atoms with Gasteiger partial charge in [-0.2, -0.15) is 0 Å². The lowest BCUT2D eigenvalue weighted by Crippen LogP contribution is -2.44. The summed E-state index contributed by atoms with van der Waals surface area (Å²) in [5.41, 5.74) is 3.37. The Morgan fingerprint density at radius 1 is 1.16 bits per heavy atom. The summed E-state index contributed by atoms with van der Waals surface area (Å²) in [4.78, 5) is 23.1. The third kappa shape index (κ3) is 4.94. The van der Waals surface area contributed by atoms with Gasteiger partial charge in [0, 0.05) is 37.7 Å². The minimum atomic E-state index is 0.102. The number of nitrogens with one attached hydrogen (secondary N) is 2. The highest BCUT2D eigenvalue weighted by atomic mass is 16.4. The van der Waals surface area contributed by atoms with E-state index in [4.69, 9.17) is 9.40 Å². The van der Waals surface area contributed by atoms with Gasteiger partial charge in [0.15, 0.2) is 5.69 Å². The SMILES string of the molecule is CCC(=O)NC1CCN(c2cnc(C)c(-c3nnc(-c4ccc(CNC)cc4)o3)n2)CC1. The van der Waals surface area contributed by atoms with E-state index in [2.05, 4.69) is 30.7 Å². The summed E-state index contributed by atoms with van der Waals surface area (Å²) in [6, 6.07) is 8.23. The van der Waals surface area contributed by atoms with Crippen LogP contribution in [0.4, 0.5) is 5.82 Å². The predicted molar refractivity (Wildman–Crippen MR) is 122 cm³/mol. The van der Waals surface area contributed by atoms with Crippen LogP contribution in [0.25, 0.3) is 23.0 Å². The number of piperidine rings is 1. The van der Waals surface area contributed by atoms with Crippen LogP contribution in [0.15, 0.2) is 34.9 Å². The zero-order valence-electron chi connectivity index (χ0n) is 18.8. The van der Waals surface area contributed by atoms with Gasteiger partial charge >= 0.3 is 0 Å². The number of aromatic nitrogens is 4. The molecule has 0 saturated carbocycles. The molecular weight excluding hydrogens is 406 g/mol. The zero-order valence-corrected chi connectivity index (χ0v) is 18.8. The van der Waals surface area contributed by atoms with Gasteiger partial charge in [0.2, 0.25) is 11.8 Å². The van der Waals surface area contributed by atoms with Crippen molar-refractivity contribution >= 4 is 11.7 Å². The van der Waals surface area contributed by atoms with E-state index in [1.54, 1.807) is 6.20 Å². The molecule has 1 saturated heterocycles. The quantitative estimate of drug-likeness (QED) is 0.583. The van der Waals surface area contributed by atoms with Crippen molar-refractivity contribution in [2.45, 2.75) is 45.7 Å². The van der Waals surface area contributed by atoms with Gasteiger partial charge in [0.25, 0.3) is 5.89 Å². The van der Waals surface area contributed by atoms with Gasteiger partial charge in [-0.1, -0.05) is 19.1 Å². The van der Waals surface area contributed by atoms with E-state index in [1.807, 2.05) is 45.2 Å². The molecule has 0 atom stereocenters. The molecule has 3 heterocycles. The number of hydrogen-bond acceptors (Lipinski definition) is 8. The molecule has 0 unspecified atom stereocenters. The summed E-state index contributed by atoms with van der Waals surface area (Å²) in [6.45, 7) is 6.17. The van der Waals surface area contributed by atoms with Crippen molar-refractivity contribution in [1.82, 2.24) is 30.8 Å². The number of anilines is 1. The molecule has 0 aliphatic carbocycles. The Morgan fingerprint density at radius 3 is 2.56 bits per heavy atom. The Balaban J connectivity index is 1.48. The Hall–Kier alpha value is -3.33. The standard InChI is InChI=1S/C23H29N7O2/c1-4-20(31)26-18-9-11-30(12-10-18)19-14-25-15(2)21(27-19)23-29-28-22(32-23)17-7-5-16(6-8-17)13-24-3/h5-8,14,18,24H,4,9-13H2,1-3H3,(H,26,31). The van der Waals surface area contributed by atoms with Crippen molar-refractivity contribution in [1.29, 1.82) is 0 Å². The van der Waals surface area contributed by atoms with Crippen LogP contribution in [0, 0.1) is 6.92 Å². The number of carbonyl (C=O) groups excluding carboxylic acids is 1. The van der Waals surface area contributed by atoms with Crippen LogP contribution in [0.1, 0.15) is 37.4 Å². The molecule has 0 bridgehead atoms. The van der Waals surface area contributed by atoms with E-state index in [0.29, 0.717) is 23.9 Å². The number of benzene rings is 1. The second-order valence-corrected chi connectivity index (χ2v) is 7.98. The summed E-state index contributed by atoms with van der Waals surface area (Å²) >= 11 is 0. The van der Waals surface area contributed by atoms with Gasteiger partial charge in [-0.25, -0.2) is 4.98 Å². The lowest BCUT2D eigenvalue weighted by Gasteiger charge is -2.33. The molecule has 0 radical (unpaired) electrons. The van der Waals surface area contributed by atoms with Gasteiger partial charge in [-0.05, 0) is 44.5 Å². The average Bonchev–Trinajstić information content (AvgIpc) is 3.31. The van der Waals surface area contributed by atoms with Crippen molar-refractivity contribution in [3.8, 4) is 23.0 Å². The third-order valence-corrected chi connectivity index (χ3v) is 5.66. The highest BCUT2D eigenvalue weighted by molar-refractivity contribution is 5.75. The van der Waals surface area contributed by atoms with Crippen LogP contribution >= 0.6 is 0 Å². The van der Waals surface area contributed by atoms with E-state index in [1.165, 1.54) is 5.56 Å². The Kier molecular flexibility index (Phi) is 6.75. The van der Waals surface area contributed by atoms with Crippen LogP contribution in [0.2, 0.25) is 0 Å². The maximum atomic E-state index is 11.6. The van der Waals surface area contributed by atoms with Gasteiger partial charge in [0.05, 0.1) is 11.9 Å². The van der Waals surface area contributed by atoms with Crippen LogP contribution in [0.3, 0.4) is 0 Å². The van der Waals surface area contributed by atoms with E-state index >= 15 is 0 Å². The van der Waals surface area contributed by atoms with E-state index in [9.17, 15) is 4.79 Å². The number of carbonyl (C=O) groups is 1. The lowest BCUT2D eigenvalue weighted by molar-refractivity contribution is -0.121. The van der Waals surface area contributed by atoms with Crippen molar-refractivity contribution in [2.75, 3.05) is 25.0 Å². The summed E-state index contributed by atoms with van der Waals surface area (Å²) in [5, 5.41) is 14.6. The summed E-state index contributed by atoms with van der Waals surface area (Å²) in [7, 11) is 1.92. The van der Waals surface area contributed by atoms with Crippen LogP contribution < -0.4 is 15.5 Å². The maximum Gasteiger partial charge on any atom is 0.268 e. The lowest BCUT2D eigenvalue weighted by atomic mass is 10.0. The molecule has 32 heavy (non-hydrogen) atoms. The molecule has 1 fully saturated rings. The first-order valence-electron chi connectivity index (χ1n) is 11.0. The Labute approximate surface area is 187 Å². The van der Waals surface area contributed by atoms with Gasteiger partial charge < -0.3 is 20.0 Å². The molecule has 0 spiro atoms. The third-order valence-electron chi connectivity index (χ3n) is 5.66. The molecule has 1 aliphatic rings. The second kappa shape index (κ2) is 9.86. The molecule has 3 aromatic rings. The topological polar surface area (TPSA) is 109 Å². The van der Waals surface area contributed by atoms with Gasteiger partial charge in [-0.15, -0.1) is 10.2 Å². The molecule has 1 aliphatic heterocycles. The molecule has 9 heteroatoms. The molecule has 168 valence electrons. The number of aryl methyl sites for hydroxylation is 1. The number of rotatable bonds is 7. The number of amides is 1. The number of hydrogen-bond donors (Lipinski definition) is 2. The second-order valence-electron chi connectivity index (χ2n) is 7.98. The van der Waals surface area contributed by atoms with Gasteiger partial charge in [-0.3, -0.25) is 9.78 Å². The maximum absolute atomic E-state index is 11.6. The fourth-order valence-electron chi connectivity index (χ4n) is 3.78. The van der Waals surface area contributed by atoms with E-state index in [-0.39, 0.29) is 11.9 Å². The minimum absolute atomic E-state index is 0.102. The van der Waals surface area contributed by atoms with Crippen molar-refractivity contribution < 1.29 is 9.21 Å². The molecular formula is C23H29N7O2. The Bertz CT molecular complexity index is 1060. The van der Waals surface area contributed by atoms with Crippen molar-refractivity contribution in [2.24, 2.45) is 0 Å². The summed E-state index contributed by atoms with van der Waals surface area (Å²) in [6.07, 6.45) is 4.05. The van der Waals surface area contributed by atoms with Crippen LogP contribution in [0.5, 0.6) is 0 Å². The average molecular weight is 436 g/mol.